The van der Waals surface area contributed by atoms with Gasteiger partial charge < -0.3 is 14.2 Å². The van der Waals surface area contributed by atoms with Crippen LogP contribution in [0.3, 0.4) is 0 Å². The number of aromatic nitrogens is 1. The third-order valence-electron chi connectivity index (χ3n) is 6.54. The molecular weight excluding hydrogens is 663 g/mol. The summed E-state index contributed by atoms with van der Waals surface area (Å²) in [7, 11) is 1.32. The Bertz CT molecular complexity index is 1890. The maximum atomic E-state index is 13.9. The first-order valence-electron chi connectivity index (χ1n) is 12.9. The van der Waals surface area contributed by atoms with Gasteiger partial charge in [-0.2, -0.15) is 0 Å². The van der Waals surface area contributed by atoms with E-state index in [0.29, 0.717) is 53.2 Å². The van der Waals surface area contributed by atoms with Crippen LogP contribution in [0, 0.1) is 0 Å². The Kier molecular flexibility index (Phi) is 9.22. The second kappa shape index (κ2) is 12.9. The van der Waals surface area contributed by atoms with Crippen LogP contribution in [-0.2, 0) is 16.1 Å². The zero-order valence-corrected chi connectivity index (χ0v) is 26.7. The van der Waals surface area contributed by atoms with Gasteiger partial charge in [0.25, 0.3) is 5.56 Å². The topological polar surface area (TPSA) is 79.1 Å². The van der Waals surface area contributed by atoms with Crippen LogP contribution in [-0.4, -0.2) is 24.3 Å². The van der Waals surface area contributed by atoms with Gasteiger partial charge >= 0.3 is 5.97 Å². The summed E-state index contributed by atoms with van der Waals surface area (Å²) in [5.74, 6) is 0.502. The van der Waals surface area contributed by atoms with Gasteiger partial charge in [0.1, 0.15) is 6.61 Å². The van der Waals surface area contributed by atoms with E-state index in [1.165, 1.54) is 18.4 Å². The smallest absolute Gasteiger partial charge is 0.338 e. The molecule has 2 heterocycles. The summed E-state index contributed by atoms with van der Waals surface area (Å²) < 4.78 is 19.7. The quantitative estimate of drug-likeness (QED) is 0.199. The number of fused-ring (bicyclic) bond motifs is 1. The van der Waals surface area contributed by atoms with Crippen molar-refractivity contribution in [2.24, 2.45) is 4.99 Å². The Morgan fingerprint density at radius 1 is 1.10 bits per heavy atom. The van der Waals surface area contributed by atoms with Crippen molar-refractivity contribution in [3.8, 4) is 11.5 Å². The average molecular weight is 688 g/mol. The molecule has 0 saturated carbocycles. The Balaban J connectivity index is 1.57. The molecule has 5 rings (SSSR count). The van der Waals surface area contributed by atoms with Crippen LogP contribution in [0.1, 0.15) is 36.6 Å². The number of nitrogens with zero attached hydrogens (tertiary/aromatic N) is 2. The van der Waals surface area contributed by atoms with Crippen LogP contribution in [0.25, 0.3) is 6.08 Å². The lowest BCUT2D eigenvalue weighted by atomic mass is 9.96. The van der Waals surface area contributed by atoms with E-state index in [2.05, 4.69) is 20.9 Å². The van der Waals surface area contributed by atoms with E-state index in [1.54, 1.807) is 29.7 Å². The second-order valence-corrected chi connectivity index (χ2v) is 12.0. The van der Waals surface area contributed by atoms with Gasteiger partial charge in [0.15, 0.2) is 16.3 Å². The molecule has 216 valence electrons. The Morgan fingerprint density at radius 2 is 1.86 bits per heavy atom. The summed E-state index contributed by atoms with van der Waals surface area (Å²) in [6, 6.07) is 17.7. The standard InChI is InChI=1S/C31H25BrCl2N2O5S/c1-4-40-24-14-19(12-21(32)28(24)41-16-18-10-11-22(33)23(34)13-18)15-25-29(37)36-27(20-8-6-5-7-9-20)26(30(38)39-3)17(2)35-31(36)42-25/h5-15,27H,4,16H2,1-3H3. The Labute approximate surface area is 264 Å². The molecule has 3 aromatic carbocycles. The lowest BCUT2D eigenvalue weighted by Crippen LogP contribution is -2.39. The van der Waals surface area contributed by atoms with Crippen LogP contribution < -0.4 is 24.4 Å². The number of allylic oxidation sites excluding steroid dienone is 1. The van der Waals surface area contributed by atoms with Crippen molar-refractivity contribution in [2.75, 3.05) is 13.7 Å². The highest BCUT2D eigenvalue weighted by Crippen LogP contribution is 2.38. The zero-order valence-electron chi connectivity index (χ0n) is 22.8. The van der Waals surface area contributed by atoms with Crippen LogP contribution in [0.2, 0.25) is 10.0 Å². The lowest BCUT2D eigenvalue weighted by molar-refractivity contribution is -0.136. The number of carbonyl (C=O) groups is 1. The number of ether oxygens (including phenoxy) is 3. The zero-order chi connectivity index (χ0) is 30.0. The van der Waals surface area contributed by atoms with Crippen molar-refractivity contribution in [1.82, 2.24) is 4.57 Å². The third kappa shape index (κ3) is 6.06. The molecule has 0 fully saturated rings. The molecule has 7 nitrogen and oxygen atoms in total. The summed E-state index contributed by atoms with van der Waals surface area (Å²) in [6.45, 7) is 4.29. The van der Waals surface area contributed by atoms with Gasteiger partial charge in [-0.05, 0) is 76.8 Å². The highest BCUT2D eigenvalue weighted by Gasteiger charge is 2.33. The number of esters is 1. The normalized spacial score (nSPS) is 14.8. The maximum Gasteiger partial charge on any atom is 0.338 e. The number of hydrogen-bond donors (Lipinski definition) is 0. The molecule has 0 spiro atoms. The first-order valence-corrected chi connectivity index (χ1v) is 15.3. The van der Waals surface area contributed by atoms with Gasteiger partial charge in [-0.1, -0.05) is 70.9 Å². The van der Waals surface area contributed by atoms with Gasteiger partial charge in [-0.25, -0.2) is 9.79 Å². The van der Waals surface area contributed by atoms with Gasteiger partial charge in [0.05, 0.1) is 50.1 Å². The van der Waals surface area contributed by atoms with E-state index in [1.807, 2.05) is 55.5 Å². The fourth-order valence-electron chi connectivity index (χ4n) is 4.65. The molecule has 0 bridgehead atoms. The van der Waals surface area contributed by atoms with E-state index in [4.69, 9.17) is 37.4 Å². The number of methoxy groups -OCH3 is 1. The summed E-state index contributed by atoms with van der Waals surface area (Å²) in [5.41, 5.74) is 2.91. The fraction of sp³-hybridized carbons (Fsp3) is 0.194. The van der Waals surface area contributed by atoms with E-state index in [0.717, 1.165) is 16.7 Å². The molecule has 1 aliphatic rings. The highest BCUT2D eigenvalue weighted by atomic mass is 79.9. The van der Waals surface area contributed by atoms with Gasteiger partial charge in [0, 0.05) is 0 Å². The van der Waals surface area contributed by atoms with Crippen LogP contribution in [0.15, 0.2) is 86.2 Å². The SMILES string of the molecule is CCOc1cc(C=c2sc3n(c2=O)C(c2ccccc2)C(C(=O)OC)=C(C)N=3)cc(Br)c1OCc1ccc(Cl)c(Cl)c1. The largest absolute Gasteiger partial charge is 0.490 e. The van der Waals surface area contributed by atoms with Crippen molar-refractivity contribution in [2.45, 2.75) is 26.5 Å². The minimum absolute atomic E-state index is 0.245. The Morgan fingerprint density at radius 3 is 2.55 bits per heavy atom. The summed E-state index contributed by atoms with van der Waals surface area (Å²) in [5, 5.41) is 0.917. The molecule has 1 unspecified atom stereocenters. The van der Waals surface area contributed by atoms with Crippen molar-refractivity contribution < 1.29 is 19.0 Å². The van der Waals surface area contributed by atoms with E-state index in [9.17, 15) is 9.59 Å². The highest BCUT2D eigenvalue weighted by molar-refractivity contribution is 9.10. The first-order chi connectivity index (χ1) is 20.2. The average Bonchev–Trinajstić information content (AvgIpc) is 3.27. The maximum absolute atomic E-state index is 13.9. The van der Waals surface area contributed by atoms with Crippen LogP contribution in [0.5, 0.6) is 11.5 Å². The minimum Gasteiger partial charge on any atom is -0.490 e. The molecule has 1 aromatic heterocycles. The molecule has 0 N–H and O–H groups in total. The Hall–Kier alpha value is -3.37. The summed E-state index contributed by atoms with van der Waals surface area (Å²) in [6.07, 6.45) is 1.78. The van der Waals surface area contributed by atoms with Gasteiger partial charge in [-0.15, -0.1) is 0 Å². The van der Waals surface area contributed by atoms with Crippen LogP contribution in [0.4, 0.5) is 0 Å². The van der Waals surface area contributed by atoms with Crippen LogP contribution >= 0.6 is 50.5 Å². The molecule has 0 radical (unpaired) electrons. The fourth-order valence-corrected chi connectivity index (χ4v) is 6.60. The van der Waals surface area contributed by atoms with Crippen molar-refractivity contribution in [3.05, 3.63) is 123 Å². The molecule has 0 aliphatic carbocycles. The molecular formula is C31H25BrCl2N2O5S. The molecule has 11 heteroatoms. The predicted molar refractivity (Wildman–Crippen MR) is 168 cm³/mol. The van der Waals surface area contributed by atoms with Crippen molar-refractivity contribution in [1.29, 1.82) is 0 Å². The van der Waals surface area contributed by atoms with Gasteiger partial charge in [-0.3, -0.25) is 9.36 Å². The molecule has 1 aliphatic heterocycles. The molecule has 0 saturated heterocycles. The molecule has 42 heavy (non-hydrogen) atoms. The number of hydrogen-bond acceptors (Lipinski definition) is 7. The second-order valence-electron chi connectivity index (χ2n) is 9.28. The number of carbonyl (C=O) groups excluding carboxylic acids is 1. The molecule has 1 atom stereocenters. The number of rotatable bonds is 8. The van der Waals surface area contributed by atoms with Gasteiger partial charge in [0.2, 0.25) is 0 Å². The van der Waals surface area contributed by atoms with E-state index in [-0.39, 0.29) is 12.2 Å². The molecule has 0 amide bonds. The number of halogens is 3. The monoisotopic (exact) mass is 686 g/mol. The number of thiazole rings is 1. The minimum atomic E-state index is -0.667. The predicted octanol–water partition coefficient (Wildman–Crippen LogP) is 6.46. The van der Waals surface area contributed by atoms with Crippen molar-refractivity contribution in [3.63, 3.8) is 0 Å². The first kappa shape index (κ1) is 30.1. The van der Waals surface area contributed by atoms with E-state index >= 15 is 0 Å². The summed E-state index contributed by atoms with van der Waals surface area (Å²) >= 11 is 17.0. The van der Waals surface area contributed by atoms with E-state index < -0.39 is 12.0 Å². The third-order valence-corrected chi connectivity index (χ3v) is 8.85. The lowest BCUT2D eigenvalue weighted by Gasteiger charge is -2.24. The summed E-state index contributed by atoms with van der Waals surface area (Å²) in [4.78, 5) is 31.8. The molecule has 4 aromatic rings. The number of benzene rings is 3. The van der Waals surface area contributed by atoms with Crippen molar-refractivity contribution >= 4 is 62.5 Å².